The summed E-state index contributed by atoms with van der Waals surface area (Å²) in [5, 5.41) is 1.28. The average molecular weight is 336 g/mol. The molecule has 3 aromatic rings. The fourth-order valence-electron chi connectivity index (χ4n) is 3.23. The zero-order chi connectivity index (χ0) is 17.5. The number of nitrogens with one attached hydrogen (secondary N) is 1. The smallest absolute Gasteiger partial charge is 0.120 e. The van der Waals surface area contributed by atoms with Gasteiger partial charge < -0.3 is 14.6 Å². The van der Waals surface area contributed by atoms with Crippen molar-refractivity contribution < 1.29 is 4.74 Å². The molecule has 132 valence electrons. The minimum Gasteiger partial charge on any atom is -0.489 e. The molecule has 1 heterocycles. The summed E-state index contributed by atoms with van der Waals surface area (Å²) in [6, 6.07) is 16.6. The van der Waals surface area contributed by atoms with Crippen molar-refractivity contribution in [2.24, 2.45) is 0 Å². The molecular weight excluding hydrogens is 308 g/mol. The molecule has 3 heteroatoms. The lowest BCUT2D eigenvalue weighted by molar-refractivity contribution is 0.300. The number of hydrogen-bond acceptors (Lipinski definition) is 2. The van der Waals surface area contributed by atoms with Gasteiger partial charge in [-0.1, -0.05) is 44.2 Å². The van der Waals surface area contributed by atoms with E-state index in [0.717, 1.165) is 31.8 Å². The van der Waals surface area contributed by atoms with Gasteiger partial charge in [0, 0.05) is 17.1 Å². The second-order valence-electron chi connectivity index (χ2n) is 6.43. The second-order valence-corrected chi connectivity index (χ2v) is 6.43. The molecule has 0 fully saturated rings. The van der Waals surface area contributed by atoms with E-state index in [1.54, 1.807) is 0 Å². The highest BCUT2D eigenvalue weighted by molar-refractivity contribution is 5.84. The number of hydrogen-bond donors (Lipinski definition) is 1. The largest absolute Gasteiger partial charge is 0.489 e. The van der Waals surface area contributed by atoms with E-state index in [2.05, 4.69) is 54.2 Å². The van der Waals surface area contributed by atoms with Gasteiger partial charge in [-0.15, -0.1) is 0 Å². The maximum Gasteiger partial charge on any atom is 0.120 e. The van der Waals surface area contributed by atoms with Crippen LogP contribution in [-0.4, -0.2) is 29.5 Å². The second kappa shape index (κ2) is 8.72. The number of H-pyrrole nitrogens is 1. The molecule has 0 saturated carbocycles. The van der Waals surface area contributed by atoms with Crippen LogP contribution in [0.3, 0.4) is 0 Å². The molecule has 0 radical (unpaired) electrons. The van der Waals surface area contributed by atoms with E-state index in [9.17, 15) is 0 Å². The maximum atomic E-state index is 5.98. The monoisotopic (exact) mass is 336 g/mol. The molecule has 2 aromatic carbocycles. The first-order chi connectivity index (χ1) is 12.3. The predicted octanol–water partition coefficient (Wildman–Crippen LogP) is 5.02. The van der Waals surface area contributed by atoms with Crippen molar-refractivity contribution in [3.05, 3.63) is 65.9 Å². The van der Waals surface area contributed by atoms with Gasteiger partial charge in [-0.25, -0.2) is 0 Å². The molecule has 0 atom stereocenters. The Balaban J connectivity index is 1.64. The van der Waals surface area contributed by atoms with Gasteiger partial charge in [0.15, 0.2) is 0 Å². The van der Waals surface area contributed by atoms with E-state index in [1.807, 2.05) is 24.3 Å². The van der Waals surface area contributed by atoms with E-state index >= 15 is 0 Å². The Kier molecular flexibility index (Phi) is 6.13. The number of rotatable bonds is 9. The molecule has 0 bridgehead atoms. The SMILES string of the molecule is CCN(CC)CCCc1c[nH]c2ccc(OCc3ccccc3)cc12. The van der Waals surface area contributed by atoms with E-state index in [0.29, 0.717) is 6.61 Å². The molecule has 0 aliphatic heterocycles. The number of nitrogens with zero attached hydrogens (tertiary/aromatic N) is 1. The summed E-state index contributed by atoms with van der Waals surface area (Å²) in [4.78, 5) is 5.86. The Morgan fingerprint density at radius 3 is 2.56 bits per heavy atom. The standard InChI is InChI=1S/C22H28N2O/c1-3-24(4-2)14-8-11-19-16-23-22-13-12-20(15-21(19)22)25-17-18-9-6-5-7-10-18/h5-7,9-10,12-13,15-16,23H,3-4,8,11,14,17H2,1-2H3. The van der Waals surface area contributed by atoms with Gasteiger partial charge in [-0.2, -0.15) is 0 Å². The number of aryl methyl sites for hydroxylation is 1. The van der Waals surface area contributed by atoms with Crippen LogP contribution >= 0.6 is 0 Å². The minimum absolute atomic E-state index is 0.605. The lowest BCUT2D eigenvalue weighted by atomic mass is 10.1. The zero-order valence-electron chi connectivity index (χ0n) is 15.3. The third-order valence-corrected chi connectivity index (χ3v) is 4.80. The summed E-state index contributed by atoms with van der Waals surface area (Å²) < 4.78 is 5.98. The minimum atomic E-state index is 0.605. The fourth-order valence-corrected chi connectivity index (χ4v) is 3.23. The molecule has 1 N–H and O–H groups in total. The summed E-state index contributed by atoms with van der Waals surface area (Å²) in [6.45, 7) is 8.47. The van der Waals surface area contributed by atoms with E-state index in [1.165, 1.54) is 28.5 Å². The van der Waals surface area contributed by atoms with Gasteiger partial charge in [0.1, 0.15) is 12.4 Å². The highest BCUT2D eigenvalue weighted by Gasteiger charge is 2.07. The molecule has 0 saturated heterocycles. The van der Waals surface area contributed by atoms with E-state index in [-0.39, 0.29) is 0 Å². The molecule has 0 amide bonds. The molecule has 3 rings (SSSR count). The Bertz CT molecular complexity index is 775. The van der Waals surface area contributed by atoms with E-state index in [4.69, 9.17) is 4.74 Å². The first kappa shape index (κ1) is 17.6. The molecule has 0 spiro atoms. The Hall–Kier alpha value is -2.26. The van der Waals surface area contributed by atoms with Gasteiger partial charge >= 0.3 is 0 Å². The first-order valence-corrected chi connectivity index (χ1v) is 9.29. The molecule has 0 unspecified atom stereocenters. The molecule has 0 aliphatic carbocycles. The summed E-state index contributed by atoms with van der Waals surface area (Å²) in [5.74, 6) is 0.931. The summed E-state index contributed by atoms with van der Waals surface area (Å²) in [5.41, 5.74) is 3.76. The Morgan fingerprint density at radius 2 is 1.80 bits per heavy atom. The highest BCUT2D eigenvalue weighted by Crippen LogP contribution is 2.25. The zero-order valence-corrected chi connectivity index (χ0v) is 15.3. The molecule has 3 nitrogen and oxygen atoms in total. The van der Waals surface area contributed by atoms with Crippen molar-refractivity contribution in [2.75, 3.05) is 19.6 Å². The lowest BCUT2D eigenvalue weighted by Crippen LogP contribution is -2.24. The number of fused-ring (bicyclic) bond motifs is 1. The van der Waals surface area contributed by atoms with Gasteiger partial charge in [0.2, 0.25) is 0 Å². The van der Waals surface area contributed by atoms with Gasteiger partial charge in [-0.3, -0.25) is 0 Å². The summed E-state index contributed by atoms with van der Waals surface area (Å²) in [7, 11) is 0. The molecule has 0 aliphatic rings. The van der Waals surface area contributed by atoms with Crippen LogP contribution in [0.4, 0.5) is 0 Å². The average Bonchev–Trinajstić information content (AvgIpc) is 3.07. The van der Waals surface area contributed by atoms with Crippen LogP contribution in [0.25, 0.3) is 10.9 Å². The topological polar surface area (TPSA) is 28.3 Å². The summed E-state index contributed by atoms with van der Waals surface area (Å²) in [6.07, 6.45) is 4.43. The van der Waals surface area contributed by atoms with Gasteiger partial charge in [0.25, 0.3) is 0 Å². The van der Waals surface area contributed by atoms with Crippen LogP contribution < -0.4 is 4.74 Å². The van der Waals surface area contributed by atoms with E-state index < -0.39 is 0 Å². The molecule has 25 heavy (non-hydrogen) atoms. The van der Waals surface area contributed by atoms with Crippen molar-refractivity contribution in [3.63, 3.8) is 0 Å². The van der Waals surface area contributed by atoms with Crippen LogP contribution in [0, 0.1) is 0 Å². The van der Waals surface area contributed by atoms with Crippen LogP contribution in [0.15, 0.2) is 54.7 Å². The van der Waals surface area contributed by atoms with Crippen molar-refractivity contribution in [2.45, 2.75) is 33.3 Å². The van der Waals surface area contributed by atoms with Gasteiger partial charge in [-0.05, 0) is 61.8 Å². The third-order valence-electron chi connectivity index (χ3n) is 4.80. The number of aromatic nitrogens is 1. The molecule has 1 aromatic heterocycles. The fraction of sp³-hybridized carbons (Fsp3) is 0.364. The third kappa shape index (κ3) is 4.64. The van der Waals surface area contributed by atoms with Crippen LogP contribution in [0.1, 0.15) is 31.4 Å². The maximum absolute atomic E-state index is 5.98. The Morgan fingerprint density at radius 1 is 1.00 bits per heavy atom. The first-order valence-electron chi connectivity index (χ1n) is 9.29. The number of ether oxygens (including phenoxy) is 1. The molecular formula is C22H28N2O. The van der Waals surface area contributed by atoms with Crippen molar-refractivity contribution in [1.29, 1.82) is 0 Å². The normalized spacial score (nSPS) is 11.3. The van der Waals surface area contributed by atoms with Crippen LogP contribution in [0.2, 0.25) is 0 Å². The summed E-state index contributed by atoms with van der Waals surface area (Å²) >= 11 is 0. The van der Waals surface area contributed by atoms with Crippen LogP contribution in [0.5, 0.6) is 5.75 Å². The van der Waals surface area contributed by atoms with Crippen molar-refractivity contribution in [1.82, 2.24) is 9.88 Å². The number of aromatic amines is 1. The quantitative estimate of drug-likeness (QED) is 0.594. The number of benzene rings is 2. The van der Waals surface area contributed by atoms with Crippen LogP contribution in [-0.2, 0) is 13.0 Å². The van der Waals surface area contributed by atoms with Crippen molar-refractivity contribution in [3.8, 4) is 5.75 Å². The van der Waals surface area contributed by atoms with Gasteiger partial charge in [0.05, 0.1) is 0 Å². The predicted molar refractivity (Wildman–Crippen MR) is 105 cm³/mol. The lowest BCUT2D eigenvalue weighted by Gasteiger charge is -2.17. The Labute approximate surface area is 150 Å². The highest BCUT2D eigenvalue weighted by atomic mass is 16.5. The van der Waals surface area contributed by atoms with Crippen molar-refractivity contribution >= 4 is 10.9 Å².